The SMILES string of the molecule is CCc1cc2c(Nc3ccccc3F)nc(NC)nc2s1. The van der Waals surface area contributed by atoms with Crippen molar-refractivity contribution >= 4 is 39.0 Å². The van der Waals surface area contributed by atoms with Gasteiger partial charge in [0.1, 0.15) is 16.5 Å². The van der Waals surface area contributed by atoms with Crippen LogP contribution >= 0.6 is 11.3 Å². The van der Waals surface area contributed by atoms with E-state index in [9.17, 15) is 4.39 Å². The van der Waals surface area contributed by atoms with Crippen molar-refractivity contribution in [2.45, 2.75) is 13.3 Å². The molecule has 0 spiro atoms. The summed E-state index contributed by atoms with van der Waals surface area (Å²) in [7, 11) is 1.77. The molecule has 0 radical (unpaired) electrons. The number of hydrogen-bond donors (Lipinski definition) is 2. The standard InChI is InChI=1S/C15H15FN4S/c1-3-9-8-10-13(18-12-7-5-4-6-11(12)16)19-15(17-2)20-14(10)21-9/h4-8H,3H2,1-2H3,(H2,17,18,19,20). The molecule has 0 amide bonds. The molecule has 108 valence electrons. The normalized spacial score (nSPS) is 10.8. The summed E-state index contributed by atoms with van der Waals surface area (Å²) in [5.74, 6) is 0.831. The topological polar surface area (TPSA) is 49.8 Å². The minimum atomic E-state index is -0.304. The van der Waals surface area contributed by atoms with Crippen molar-refractivity contribution in [2.75, 3.05) is 17.7 Å². The van der Waals surface area contributed by atoms with Gasteiger partial charge in [-0.05, 0) is 24.6 Å². The largest absolute Gasteiger partial charge is 0.357 e. The third-order valence-electron chi connectivity index (χ3n) is 3.14. The van der Waals surface area contributed by atoms with Gasteiger partial charge in [0.15, 0.2) is 0 Å². The van der Waals surface area contributed by atoms with E-state index in [1.165, 1.54) is 10.9 Å². The first-order chi connectivity index (χ1) is 10.2. The van der Waals surface area contributed by atoms with E-state index in [0.717, 1.165) is 16.6 Å². The van der Waals surface area contributed by atoms with E-state index < -0.39 is 0 Å². The van der Waals surface area contributed by atoms with Crippen LogP contribution in [0.15, 0.2) is 30.3 Å². The van der Waals surface area contributed by atoms with Crippen LogP contribution in [0.3, 0.4) is 0 Å². The van der Waals surface area contributed by atoms with Crippen LogP contribution in [0.2, 0.25) is 0 Å². The highest BCUT2D eigenvalue weighted by Gasteiger charge is 2.12. The van der Waals surface area contributed by atoms with Gasteiger partial charge in [-0.25, -0.2) is 9.37 Å². The predicted octanol–water partition coefficient (Wildman–Crippen LogP) is 4.18. The van der Waals surface area contributed by atoms with Gasteiger partial charge in [0.05, 0.1) is 11.1 Å². The molecule has 4 nitrogen and oxygen atoms in total. The maximum atomic E-state index is 13.8. The second-order valence-electron chi connectivity index (χ2n) is 4.54. The van der Waals surface area contributed by atoms with Crippen LogP contribution in [0.25, 0.3) is 10.2 Å². The number of fused-ring (bicyclic) bond motifs is 1. The van der Waals surface area contributed by atoms with Crippen molar-refractivity contribution in [1.29, 1.82) is 0 Å². The molecular formula is C15H15FN4S. The smallest absolute Gasteiger partial charge is 0.225 e. The zero-order valence-corrected chi connectivity index (χ0v) is 12.6. The summed E-state index contributed by atoms with van der Waals surface area (Å²) >= 11 is 1.63. The highest BCUT2D eigenvalue weighted by molar-refractivity contribution is 7.18. The molecule has 0 unspecified atom stereocenters. The number of rotatable bonds is 4. The summed E-state index contributed by atoms with van der Waals surface area (Å²) in [6.45, 7) is 2.10. The lowest BCUT2D eigenvalue weighted by Gasteiger charge is -2.09. The van der Waals surface area contributed by atoms with Gasteiger partial charge in [0.2, 0.25) is 5.95 Å². The van der Waals surface area contributed by atoms with Gasteiger partial charge in [0, 0.05) is 11.9 Å². The molecule has 0 atom stereocenters. The van der Waals surface area contributed by atoms with E-state index in [1.807, 2.05) is 0 Å². The molecule has 0 fully saturated rings. The number of halogens is 1. The summed E-state index contributed by atoms with van der Waals surface area (Å²) in [6.07, 6.45) is 0.940. The number of nitrogens with one attached hydrogen (secondary N) is 2. The second kappa shape index (κ2) is 5.65. The van der Waals surface area contributed by atoms with E-state index >= 15 is 0 Å². The van der Waals surface area contributed by atoms with Crippen molar-refractivity contribution < 1.29 is 4.39 Å². The van der Waals surface area contributed by atoms with Crippen LogP contribution in [-0.4, -0.2) is 17.0 Å². The molecule has 2 aromatic heterocycles. The first kappa shape index (κ1) is 13.8. The number of hydrogen-bond acceptors (Lipinski definition) is 5. The highest BCUT2D eigenvalue weighted by atomic mass is 32.1. The monoisotopic (exact) mass is 302 g/mol. The van der Waals surface area contributed by atoms with E-state index in [4.69, 9.17) is 0 Å². The number of para-hydroxylation sites is 1. The van der Waals surface area contributed by atoms with Crippen molar-refractivity contribution in [3.05, 3.63) is 41.0 Å². The quantitative estimate of drug-likeness (QED) is 0.759. The van der Waals surface area contributed by atoms with Crippen LogP contribution in [0, 0.1) is 5.82 Å². The Balaban J connectivity index is 2.11. The molecule has 3 aromatic rings. The molecule has 0 aliphatic heterocycles. The number of aryl methyl sites for hydroxylation is 1. The van der Waals surface area contributed by atoms with Crippen molar-refractivity contribution in [3.8, 4) is 0 Å². The van der Waals surface area contributed by atoms with Crippen molar-refractivity contribution in [1.82, 2.24) is 9.97 Å². The lowest BCUT2D eigenvalue weighted by atomic mass is 10.2. The lowest BCUT2D eigenvalue weighted by Crippen LogP contribution is -2.01. The number of thiophene rings is 1. The third kappa shape index (κ3) is 2.67. The fourth-order valence-electron chi connectivity index (χ4n) is 2.04. The van der Waals surface area contributed by atoms with Crippen LogP contribution in [-0.2, 0) is 6.42 Å². The molecule has 0 bridgehead atoms. The molecule has 1 aromatic carbocycles. The molecule has 6 heteroatoms. The Morgan fingerprint density at radius 1 is 1.24 bits per heavy atom. The highest BCUT2D eigenvalue weighted by Crippen LogP contribution is 2.32. The molecule has 0 aliphatic carbocycles. The van der Waals surface area contributed by atoms with E-state index in [-0.39, 0.29) is 5.82 Å². The minimum absolute atomic E-state index is 0.304. The van der Waals surface area contributed by atoms with Crippen LogP contribution in [0.4, 0.5) is 21.8 Å². The zero-order valence-electron chi connectivity index (χ0n) is 11.8. The van der Waals surface area contributed by atoms with Crippen LogP contribution in [0.5, 0.6) is 0 Å². The first-order valence-corrected chi connectivity index (χ1v) is 7.52. The second-order valence-corrected chi connectivity index (χ2v) is 5.65. The van der Waals surface area contributed by atoms with Gasteiger partial charge < -0.3 is 10.6 Å². The molecule has 3 rings (SSSR count). The van der Waals surface area contributed by atoms with E-state index in [1.54, 1.807) is 36.6 Å². The molecule has 2 heterocycles. The molecule has 0 aliphatic rings. The van der Waals surface area contributed by atoms with Crippen LogP contribution in [0.1, 0.15) is 11.8 Å². The average Bonchev–Trinajstić information content (AvgIpc) is 2.92. The maximum Gasteiger partial charge on any atom is 0.225 e. The molecule has 2 N–H and O–H groups in total. The Morgan fingerprint density at radius 2 is 2.05 bits per heavy atom. The van der Waals surface area contributed by atoms with Gasteiger partial charge in [-0.3, -0.25) is 0 Å². The zero-order chi connectivity index (χ0) is 14.8. The summed E-state index contributed by atoms with van der Waals surface area (Å²) in [4.78, 5) is 11.0. The fraction of sp³-hybridized carbons (Fsp3) is 0.200. The molecule has 21 heavy (non-hydrogen) atoms. The Hall–Kier alpha value is -2.21. The molecule has 0 saturated heterocycles. The summed E-state index contributed by atoms with van der Waals surface area (Å²) in [5.41, 5.74) is 0.406. The van der Waals surface area contributed by atoms with E-state index in [0.29, 0.717) is 17.5 Å². The third-order valence-corrected chi connectivity index (χ3v) is 4.32. The first-order valence-electron chi connectivity index (χ1n) is 6.71. The molecular weight excluding hydrogens is 287 g/mol. The van der Waals surface area contributed by atoms with Crippen molar-refractivity contribution in [3.63, 3.8) is 0 Å². The summed E-state index contributed by atoms with van der Waals surface area (Å²) in [6, 6.07) is 8.62. The van der Waals surface area contributed by atoms with Gasteiger partial charge in [-0.1, -0.05) is 19.1 Å². The Labute approximate surface area is 126 Å². The average molecular weight is 302 g/mol. The number of aromatic nitrogens is 2. The maximum absolute atomic E-state index is 13.8. The van der Waals surface area contributed by atoms with Gasteiger partial charge in [0.25, 0.3) is 0 Å². The Kier molecular flexibility index (Phi) is 3.70. The van der Waals surface area contributed by atoms with Gasteiger partial charge >= 0.3 is 0 Å². The summed E-state index contributed by atoms with van der Waals surface area (Å²) in [5, 5.41) is 6.92. The minimum Gasteiger partial charge on any atom is -0.357 e. The summed E-state index contributed by atoms with van der Waals surface area (Å²) < 4.78 is 13.8. The fourth-order valence-corrected chi connectivity index (χ4v) is 3.01. The van der Waals surface area contributed by atoms with Crippen LogP contribution < -0.4 is 10.6 Å². The van der Waals surface area contributed by atoms with Crippen molar-refractivity contribution in [2.24, 2.45) is 0 Å². The predicted molar refractivity (Wildman–Crippen MR) is 86.0 cm³/mol. The number of benzene rings is 1. The van der Waals surface area contributed by atoms with Gasteiger partial charge in [-0.15, -0.1) is 11.3 Å². The number of anilines is 3. The Morgan fingerprint density at radius 3 is 2.76 bits per heavy atom. The van der Waals surface area contributed by atoms with E-state index in [2.05, 4.69) is 33.6 Å². The van der Waals surface area contributed by atoms with Gasteiger partial charge in [-0.2, -0.15) is 4.98 Å². The molecule has 0 saturated carbocycles. The lowest BCUT2D eigenvalue weighted by molar-refractivity contribution is 0.632. The Bertz CT molecular complexity index is 784. The number of nitrogens with zero attached hydrogens (tertiary/aromatic N) is 2.